The van der Waals surface area contributed by atoms with Crippen LogP contribution in [0.2, 0.25) is 0 Å². The predicted octanol–water partition coefficient (Wildman–Crippen LogP) is 4.73. The minimum atomic E-state index is -4.22. The molecule has 0 saturated carbocycles. The van der Waals surface area contributed by atoms with E-state index in [4.69, 9.17) is 20.3 Å². The Morgan fingerprint density at radius 3 is 1.69 bits per heavy atom. The molecule has 0 fully saturated rings. The number of hydroxylamine groups is 4. The quantitative estimate of drug-likeness (QED) is 0.0744. The van der Waals surface area contributed by atoms with Gasteiger partial charge in [0.25, 0.3) is 10.0 Å². The van der Waals surface area contributed by atoms with Gasteiger partial charge in [0.2, 0.25) is 23.6 Å². The van der Waals surface area contributed by atoms with Crippen LogP contribution < -0.4 is 14.2 Å². The van der Waals surface area contributed by atoms with Gasteiger partial charge in [0.1, 0.15) is 23.0 Å². The molecular weight excluding hydrogens is 611 g/mol. The van der Waals surface area contributed by atoms with Crippen LogP contribution in [0.25, 0.3) is 0 Å². The Morgan fingerprint density at radius 1 is 0.756 bits per heavy atom. The molecule has 45 heavy (non-hydrogen) atoms. The molecule has 0 radical (unpaired) electrons. The van der Waals surface area contributed by atoms with Crippen molar-refractivity contribution in [3.05, 3.63) is 102 Å². The van der Waals surface area contributed by atoms with Crippen LogP contribution in [-0.4, -0.2) is 57.4 Å². The number of pyridine rings is 1. The molecule has 3 aromatic carbocycles. The lowest BCUT2D eigenvalue weighted by Gasteiger charge is -2.16. The Kier molecular flexibility index (Phi) is 9.51. The smallest absolute Gasteiger partial charge is 0.262 e. The molecular formula is C29H25FN6O8S. The molecule has 0 bridgehead atoms. The standard InChI is InChI=1S/C29H25FN6O8S/c1-17(37)35(39)27(31)19-3-9-22(10-4-19)43-26-16-15-25(34-45(41,42)24-13-7-21(30)8-14-24)29(33-26)44-23-11-5-20(6-12-23)28(32)36(40)18(2)38/h3-16,31-32,34,39-40H,1-2H3. The van der Waals surface area contributed by atoms with Gasteiger partial charge in [-0.2, -0.15) is 15.1 Å². The van der Waals surface area contributed by atoms with E-state index >= 15 is 0 Å². The Bertz CT molecular complexity index is 1870. The summed E-state index contributed by atoms with van der Waals surface area (Å²) >= 11 is 0. The molecule has 1 heterocycles. The highest BCUT2D eigenvalue weighted by molar-refractivity contribution is 7.92. The highest BCUT2D eigenvalue weighted by Crippen LogP contribution is 2.33. The second-order valence-corrected chi connectivity index (χ2v) is 10.9. The van der Waals surface area contributed by atoms with Crippen LogP contribution in [0.15, 0.2) is 89.8 Å². The number of anilines is 1. The monoisotopic (exact) mass is 636 g/mol. The van der Waals surface area contributed by atoms with Gasteiger partial charge in [-0.05, 0) is 78.9 Å². The highest BCUT2D eigenvalue weighted by Gasteiger charge is 2.20. The van der Waals surface area contributed by atoms with E-state index in [1.54, 1.807) is 0 Å². The van der Waals surface area contributed by atoms with Gasteiger partial charge in [0.15, 0.2) is 11.7 Å². The average molecular weight is 637 g/mol. The van der Waals surface area contributed by atoms with Gasteiger partial charge in [-0.1, -0.05) is 0 Å². The molecule has 4 rings (SSSR count). The molecule has 0 aliphatic heterocycles. The summed E-state index contributed by atoms with van der Waals surface area (Å²) in [5, 5.41) is 35.6. The molecule has 0 aliphatic rings. The first-order chi connectivity index (χ1) is 21.2. The van der Waals surface area contributed by atoms with E-state index in [2.05, 4.69) is 9.71 Å². The van der Waals surface area contributed by atoms with Gasteiger partial charge < -0.3 is 9.47 Å². The molecule has 0 unspecified atom stereocenters. The number of aromatic nitrogens is 1. The number of hydrogen-bond acceptors (Lipinski definition) is 11. The molecule has 2 amide bonds. The molecule has 14 nitrogen and oxygen atoms in total. The summed E-state index contributed by atoms with van der Waals surface area (Å²) in [4.78, 5) is 26.8. The zero-order chi connectivity index (χ0) is 32.9. The summed E-state index contributed by atoms with van der Waals surface area (Å²) in [6, 6.07) is 18.1. The number of carbonyl (C=O) groups is 2. The largest absolute Gasteiger partial charge is 0.439 e. The molecule has 0 atom stereocenters. The molecule has 0 aliphatic carbocycles. The number of amides is 2. The number of ether oxygens (including phenoxy) is 2. The van der Waals surface area contributed by atoms with Crippen molar-refractivity contribution in [3.63, 3.8) is 0 Å². The zero-order valence-corrected chi connectivity index (χ0v) is 24.4. The maximum absolute atomic E-state index is 13.4. The molecule has 0 spiro atoms. The summed E-state index contributed by atoms with van der Waals surface area (Å²) in [7, 11) is -4.22. The number of sulfonamides is 1. The van der Waals surface area contributed by atoms with Crippen molar-refractivity contribution in [1.29, 1.82) is 10.8 Å². The van der Waals surface area contributed by atoms with Crippen LogP contribution in [0.4, 0.5) is 10.1 Å². The Labute approximate surface area is 255 Å². The average Bonchev–Trinajstić information content (AvgIpc) is 3.01. The van der Waals surface area contributed by atoms with Crippen LogP contribution in [0.5, 0.6) is 23.3 Å². The number of amidine groups is 2. The second kappa shape index (κ2) is 13.3. The van der Waals surface area contributed by atoms with Crippen molar-refractivity contribution < 1.29 is 42.3 Å². The SMILES string of the molecule is CC(=O)N(O)C(=N)c1ccc(Oc2ccc(NS(=O)(=O)c3ccc(F)cc3)c(Oc3ccc(C(=N)N(O)C(C)=O)cc3)n2)cc1. The van der Waals surface area contributed by atoms with Gasteiger partial charge in [0.05, 0.1) is 4.90 Å². The van der Waals surface area contributed by atoms with Gasteiger partial charge in [-0.3, -0.25) is 35.5 Å². The topological polar surface area (TPSA) is 206 Å². The molecule has 232 valence electrons. The lowest BCUT2D eigenvalue weighted by Crippen LogP contribution is -2.31. The summed E-state index contributed by atoms with van der Waals surface area (Å²) in [5.74, 6) is -3.00. The number of nitrogens with zero attached hydrogens (tertiary/aromatic N) is 3. The first kappa shape index (κ1) is 32.2. The van der Waals surface area contributed by atoms with Crippen LogP contribution in [0.1, 0.15) is 25.0 Å². The minimum Gasteiger partial charge on any atom is -0.439 e. The fourth-order valence-electron chi connectivity index (χ4n) is 3.61. The number of carbonyl (C=O) groups excluding carboxylic acids is 2. The van der Waals surface area contributed by atoms with Crippen molar-refractivity contribution in [1.82, 2.24) is 15.1 Å². The van der Waals surface area contributed by atoms with Crippen LogP contribution >= 0.6 is 0 Å². The lowest BCUT2D eigenvalue weighted by molar-refractivity contribution is -0.147. The van der Waals surface area contributed by atoms with E-state index in [1.807, 2.05) is 0 Å². The minimum absolute atomic E-state index is 0.0409. The number of nitrogens with one attached hydrogen (secondary N) is 3. The van der Waals surface area contributed by atoms with Crippen molar-refractivity contribution in [3.8, 4) is 23.3 Å². The number of hydrogen-bond donors (Lipinski definition) is 5. The van der Waals surface area contributed by atoms with E-state index in [-0.39, 0.29) is 55.1 Å². The maximum atomic E-state index is 13.4. The maximum Gasteiger partial charge on any atom is 0.262 e. The normalized spacial score (nSPS) is 10.9. The van der Waals surface area contributed by atoms with Gasteiger partial charge in [-0.15, -0.1) is 0 Å². The van der Waals surface area contributed by atoms with E-state index in [9.17, 15) is 32.8 Å². The Morgan fingerprint density at radius 2 is 1.22 bits per heavy atom. The third-order valence-corrected chi connectivity index (χ3v) is 7.30. The van der Waals surface area contributed by atoms with Crippen LogP contribution in [0.3, 0.4) is 0 Å². The fourth-order valence-corrected chi connectivity index (χ4v) is 4.66. The van der Waals surface area contributed by atoms with Crippen LogP contribution in [0, 0.1) is 16.6 Å². The van der Waals surface area contributed by atoms with E-state index < -0.39 is 39.3 Å². The van der Waals surface area contributed by atoms with Crippen LogP contribution in [-0.2, 0) is 19.6 Å². The summed E-state index contributed by atoms with van der Waals surface area (Å²) < 4.78 is 53.4. The van der Waals surface area contributed by atoms with E-state index in [0.717, 1.165) is 38.1 Å². The summed E-state index contributed by atoms with van der Waals surface area (Å²) in [5.41, 5.74) is 0.274. The highest BCUT2D eigenvalue weighted by atomic mass is 32.2. The number of benzene rings is 3. The number of rotatable bonds is 9. The Hall–Kier alpha value is -5.71. The van der Waals surface area contributed by atoms with Gasteiger partial charge >= 0.3 is 0 Å². The molecule has 16 heteroatoms. The fraction of sp³-hybridized carbons (Fsp3) is 0.0690. The summed E-state index contributed by atoms with van der Waals surface area (Å²) in [6.45, 7) is 2.18. The lowest BCUT2D eigenvalue weighted by atomic mass is 10.2. The molecule has 5 N–H and O–H groups in total. The van der Waals surface area contributed by atoms with Gasteiger partial charge in [0, 0.05) is 31.0 Å². The van der Waals surface area contributed by atoms with Crippen molar-refractivity contribution >= 4 is 39.2 Å². The van der Waals surface area contributed by atoms with Gasteiger partial charge in [-0.25, -0.2) is 12.8 Å². The zero-order valence-electron chi connectivity index (χ0n) is 23.6. The van der Waals surface area contributed by atoms with Crippen molar-refractivity contribution in [2.45, 2.75) is 18.7 Å². The van der Waals surface area contributed by atoms with E-state index in [0.29, 0.717) is 0 Å². The first-order valence-electron chi connectivity index (χ1n) is 12.8. The van der Waals surface area contributed by atoms with Crippen molar-refractivity contribution in [2.24, 2.45) is 0 Å². The third kappa shape index (κ3) is 7.82. The second-order valence-electron chi connectivity index (χ2n) is 9.17. The Balaban J connectivity index is 1.63. The molecule has 1 aromatic heterocycles. The predicted molar refractivity (Wildman–Crippen MR) is 157 cm³/mol. The first-order valence-corrected chi connectivity index (χ1v) is 14.3. The summed E-state index contributed by atoms with van der Waals surface area (Å²) in [6.07, 6.45) is 0. The molecule has 4 aromatic rings. The molecule has 0 saturated heterocycles. The third-order valence-electron chi connectivity index (χ3n) is 5.92. The van der Waals surface area contributed by atoms with E-state index in [1.165, 1.54) is 60.7 Å². The number of halogens is 1. The van der Waals surface area contributed by atoms with Crippen molar-refractivity contribution in [2.75, 3.05) is 4.72 Å².